The van der Waals surface area contributed by atoms with Crippen LogP contribution in [0, 0.1) is 0 Å². The van der Waals surface area contributed by atoms with Crippen LogP contribution < -0.4 is 0 Å². The molecule has 6 unspecified atom stereocenters. The van der Waals surface area contributed by atoms with Crippen LogP contribution in [0.25, 0.3) is 0 Å². The minimum Gasteiger partial charge on any atom is -0.462 e. The molecule has 0 amide bonds. The third kappa shape index (κ3) is 28.7. The molecule has 14 heteroatoms. The summed E-state index contributed by atoms with van der Waals surface area (Å²) in [6.45, 7) is 3.30. The Morgan fingerprint density at radius 2 is 0.864 bits per heavy atom. The SMILES string of the molecule is CCCCCCCCCC/C=C/CCCCCC(=O)OC[C@H](COP(=O)(O)OC1C(O)C(O)C(O)[C@@H](O)C1O)OC(=O)CCCCCCCCCCCCCCCCC. The van der Waals surface area contributed by atoms with Gasteiger partial charge in [0, 0.05) is 12.8 Å². The van der Waals surface area contributed by atoms with E-state index in [4.69, 9.17) is 18.5 Å². The second-order valence-corrected chi connectivity index (χ2v) is 18.0. The van der Waals surface area contributed by atoms with Crippen molar-refractivity contribution in [2.24, 2.45) is 0 Å². The van der Waals surface area contributed by atoms with Crippen LogP contribution >= 0.6 is 7.82 Å². The highest BCUT2D eigenvalue weighted by molar-refractivity contribution is 7.47. The fraction of sp³-hybridized carbons (Fsp3) is 0.911. The summed E-state index contributed by atoms with van der Waals surface area (Å²) >= 11 is 0. The van der Waals surface area contributed by atoms with Gasteiger partial charge in [0.25, 0.3) is 0 Å². The van der Waals surface area contributed by atoms with Crippen LogP contribution in [-0.4, -0.2) is 98.3 Å². The Kier molecular flexibility index (Phi) is 34.0. The molecule has 0 saturated heterocycles. The van der Waals surface area contributed by atoms with Crippen molar-refractivity contribution in [2.45, 2.75) is 249 Å². The molecule has 1 aliphatic carbocycles. The first kappa shape index (κ1) is 55.6. The second kappa shape index (κ2) is 36.1. The van der Waals surface area contributed by atoms with Gasteiger partial charge < -0.3 is 39.9 Å². The molecule has 0 spiro atoms. The monoisotopic (exact) mass is 865 g/mol. The lowest BCUT2D eigenvalue weighted by Crippen LogP contribution is -2.64. The van der Waals surface area contributed by atoms with Crippen LogP contribution in [0.1, 0.15) is 206 Å². The molecule has 13 nitrogen and oxygen atoms in total. The Hall–Kier alpha value is -1.41. The highest BCUT2D eigenvalue weighted by Gasteiger charge is 2.51. The molecule has 6 N–H and O–H groups in total. The largest absolute Gasteiger partial charge is 0.472 e. The van der Waals surface area contributed by atoms with E-state index >= 15 is 0 Å². The van der Waals surface area contributed by atoms with Crippen molar-refractivity contribution in [3.05, 3.63) is 12.2 Å². The van der Waals surface area contributed by atoms with Gasteiger partial charge in [0.15, 0.2) is 6.10 Å². The molecular weight excluding hydrogens is 779 g/mol. The summed E-state index contributed by atoms with van der Waals surface area (Å²) in [5.74, 6) is -1.11. The Bertz CT molecular complexity index is 1090. The summed E-state index contributed by atoms with van der Waals surface area (Å²) < 4.78 is 33.5. The molecule has 59 heavy (non-hydrogen) atoms. The predicted molar refractivity (Wildman–Crippen MR) is 231 cm³/mol. The first-order valence-corrected chi connectivity index (χ1v) is 25.0. The number of phosphoric acid groups is 1. The molecule has 0 heterocycles. The van der Waals surface area contributed by atoms with Crippen LogP contribution in [0.4, 0.5) is 0 Å². The molecule has 0 aliphatic heterocycles. The van der Waals surface area contributed by atoms with Gasteiger partial charge >= 0.3 is 19.8 Å². The van der Waals surface area contributed by atoms with E-state index in [9.17, 15) is 44.6 Å². The molecule has 1 rings (SSSR count). The van der Waals surface area contributed by atoms with Crippen molar-refractivity contribution >= 4 is 19.8 Å². The average Bonchev–Trinajstić information content (AvgIpc) is 3.21. The van der Waals surface area contributed by atoms with Crippen molar-refractivity contribution in [3.63, 3.8) is 0 Å². The Labute approximate surface area is 356 Å². The van der Waals surface area contributed by atoms with Crippen LogP contribution in [-0.2, 0) is 32.7 Å². The summed E-state index contributed by atoms with van der Waals surface area (Å²) in [5.41, 5.74) is 0. The number of carbonyl (C=O) groups excluding carboxylic acids is 2. The zero-order valence-corrected chi connectivity index (χ0v) is 37.7. The molecule has 8 atom stereocenters. The fourth-order valence-corrected chi connectivity index (χ4v) is 8.26. The maximum absolute atomic E-state index is 12.8. The maximum Gasteiger partial charge on any atom is 0.472 e. The number of aliphatic hydroxyl groups excluding tert-OH is 5. The number of ether oxygens (including phenoxy) is 2. The van der Waals surface area contributed by atoms with Crippen LogP contribution in [0.15, 0.2) is 12.2 Å². The number of hydrogen-bond donors (Lipinski definition) is 6. The number of carbonyl (C=O) groups is 2. The van der Waals surface area contributed by atoms with E-state index in [2.05, 4.69) is 26.0 Å². The molecule has 348 valence electrons. The van der Waals surface area contributed by atoms with E-state index in [0.717, 1.165) is 44.9 Å². The second-order valence-electron chi connectivity index (χ2n) is 16.6. The van der Waals surface area contributed by atoms with Gasteiger partial charge in [-0.15, -0.1) is 0 Å². The van der Waals surface area contributed by atoms with Crippen molar-refractivity contribution in [2.75, 3.05) is 13.2 Å². The summed E-state index contributed by atoms with van der Waals surface area (Å²) in [5, 5.41) is 50.1. The molecule has 0 aromatic rings. The minimum atomic E-state index is -5.11. The Morgan fingerprint density at radius 1 is 0.508 bits per heavy atom. The number of unbranched alkanes of at least 4 members (excludes halogenated alkanes) is 25. The predicted octanol–water partition coefficient (Wildman–Crippen LogP) is 9.06. The number of allylic oxidation sites excluding steroid dienone is 2. The van der Waals surface area contributed by atoms with E-state index in [0.29, 0.717) is 12.8 Å². The molecular formula is C45H85O13P. The number of hydrogen-bond acceptors (Lipinski definition) is 12. The normalized spacial score (nSPS) is 22.4. The summed E-state index contributed by atoms with van der Waals surface area (Å²) in [6.07, 6.45) is 24.1. The molecule has 1 saturated carbocycles. The van der Waals surface area contributed by atoms with E-state index in [-0.39, 0.29) is 12.8 Å². The first-order valence-electron chi connectivity index (χ1n) is 23.5. The third-order valence-electron chi connectivity index (χ3n) is 11.1. The van der Waals surface area contributed by atoms with Crippen LogP contribution in [0.5, 0.6) is 0 Å². The number of rotatable bonds is 39. The quantitative estimate of drug-likeness (QED) is 0.0148. The van der Waals surface area contributed by atoms with E-state index in [1.807, 2.05) is 0 Å². The smallest absolute Gasteiger partial charge is 0.462 e. The standard InChI is InChI=1S/C45H85O13P/c1-3-5-7-9-11-13-15-17-19-21-23-25-27-29-31-33-38(46)55-35-37(36-56-59(53,54)58-45-43(51)41(49)40(48)42(50)44(45)52)57-39(47)34-32-30-28-26-24-22-20-18-16-14-12-10-8-6-4-2/h21,23,37,40-45,48-52H,3-20,22,24-36H2,1-2H3,(H,53,54)/b23-21+/t37-,40?,41-,42?,43?,44?,45?/m1/s1. The first-order chi connectivity index (χ1) is 28.4. The lowest BCUT2D eigenvalue weighted by Gasteiger charge is -2.41. The lowest BCUT2D eigenvalue weighted by molar-refractivity contribution is -0.220. The highest BCUT2D eigenvalue weighted by atomic mass is 31.2. The molecule has 1 aliphatic rings. The minimum absolute atomic E-state index is 0.0993. The number of aliphatic hydroxyl groups is 5. The van der Waals surface area contributed by atoms with Gasteiger partial charge in [0.2, 0.25) is 0 Å². The molecule has 0 aromatic carbocycles. The van der Waals surface area contributed by atoms with Gasteiger partial charge in [-0.2, -0.15) is 0 Å². The number of esters is 2. The molecule has 0 aromatic heterocycles. The maximum atomic E-state index is 12.8. The molecule has 0 radical (unpaired) electrons. The average molecular weight is 865 g/mol. The highest BCUT2D eigenvalue weighted by Crippen LogP contribution is 2.47. The molecule has 1 fully saturated rings. The van der Waals surface area contributed by atoms with Crippen molar-refractivity contribution in [1.29, 1.82) is 0 Å². The van der Waals surface area contributed by atoms with Gasteiger partial charge in [0.05, 0.1) is 6.61 Å². The zero-order valence-electron chi connectivity index (χ0n) is 36.8. The Morgan fingerprint density at radius 3 is 1.31 bits per heavy atom. The molecule has 0 bridgehead atoms. The summed E-state index contributed by atoms with van der Waals surface area (Å²) in [4.78, 5) is 35.7. The van der Waals surface area contributed by atoms with Crippen LogP contribution in [0.2, 0.25) is 0 Å². The van der Waals surface area contributed by atoms with Crippen molar-refractivity contribution in [3.8, 4) is 0 Å². The van der Waals surface area contributed by atoms with E-state index in [1.165, 1.54) is 122 Å². The van der Waals surface area contributed by atoms with Gasteiger partial charge in [-0.1, -0.05) is 167 Å². The van der Waals surface area contributed by atoms with Crippen LogP contribution in [0.3, 0.4) is 0 Å². The zero-order chi connectivity index (χ0) is 43.6. The van der Waals surface area contributed by atoms with Gasteiger partial charge in [-0.25, -0.2) is 4.57 Å². The van der Waals surface area contributed by atoms with Crippen molar-refractivity contribution < 1.29 is 63.1 Å². The van der Waals surface area contributed by atoms with Gasteiger partial charge in [-0.3, -0.25) is 18.6 Å². The summed E-state index contributed by atoms with van der Waals surface area (Å²) in [6, 6.07) is 0. The van der Waals surface area contributed by atoms with Gasteiger partial charge in [-0.05, 0) is 38.5 Å². The Balaban J connectivity index is 2.46. The number of phosphoric ester groups is 1. The van der Waals surface area contributed by atoms with E-state index < -0.39 is 75.7 Å². The third-order valence-corrected chi connectivity index (χ3v) is 12.1. The fourth-order valence-electron chi connectivity index (χ4n) is 7.28. The topological polar surface area (TPSA) is 210 Å². The van der Waals surface area contributed by atoms with E-state index in [1.54, 1.807) is 0 Å². The summed E-state index contributed by atoms with van der Waals surface area (Å²) in [7, 11) is -5.11. The lowest BCUT2D eigenvalue weighted by atomic mass is 9.85. The van der Waals surface area contributed by atoms with Crippen molar-refractivity contribution in [1.82, 2.24) is 0 Å². The van der Waals surface area contributed by atoms with Gasteiger partial charge in [0.1, 0.15) is 43.2 Å².